The fourth-order valence-corrected chi connectivity index (χ4v) is 2.80. The van der Waals surface area contributed by atoms with Crippen molar-refractivity contribution in [3.05, 3.63) is 35.6 Å². The van der Waals surface area contributed by atoms with Crippen LogP contribution in [0.15, 0.2) is 24.3 Å². The molecule has 2 saturated carbocycles. The van der Waals surface area contributed by atoms with Crippen LogP contribution in [0.25, 0.3) is 0 Å². The topological polar surface area (TPSA) is 66.4 Å². The first-order chi connectivity index (χ1) is 9.48. The first-order valence-corrected chi connectivity index (χ1v) is 6.81. The standard InChI is InChI=1S/C15H16FNO3/c16-11-4-2-10(3-5-11)14(8-9-14)12(18)17-15(13(19)20)6-1-7-15/h2-5H,1,6-9H2,(H,17,18)(H,19,20). The maximum Gasteiger partial charge on any atom is 0.329 e. The maximum atomic E-state index is 13.0. The lowest BCUT2D eigenvalue weighted by Crippen LogP contribution is -2.61. The van der Waals surface area contributed by atoms with Crippen LogP contribution in [0.3, 0.4) is 0 Å². The fourth-order valence-electron chi connectivity index (χ4n) is 2.80. The summed E-state index contributed by atoms with van der Waals surface area (Å²) >= 11 is 0. The minimum Gasteiger partial charge on any atom is -0.480 e. The number of nitrogens with one attached hydrogen (secondary N) is 1. The Bertz CT molecular complexity index is 559. The number of hydrogen-bond donors (Lipinski definition) is 2. The van der Waals surface area contributed by atoms with Gasteiger partial charge in [0.1, 0.15) is 11.4 Å². The first-order valence-electron chi connectivity index (χ1n) is 6.81. The summed E-state index contributed by atoms with van der Waals surface area (Å²) < 4.78 is 13.0. The molecule has 2 aliphatic rings. The van der Waals surface area contributed by atoms with Gasteiger partial charge in [-0.15, -0.1) is 0 Å². The van der Waals surface area contributed by atoms with E-state index in [1.54, 1.807) is 12.1 Å². The molecule has 0 atom stereocenters. The van der Waals surface area contributed by atoms with Gasteiger partial charge in [0.15, 0.2) is 0 Å². The first kappa shape index (κ1) is 13.1. The average Bonchev–Trinajstić information content (AvgIpc) is 3.15. The Hall–Kier alpha value is -1.91. The summed E-state index contributed by atoms with van der Waals surface area (Å²) in [7, 11) is 0. The molecule has 106 valence electrons. The van der Waals surface area contributed by atoms with E-state index < -0.39 is 16.9 Å². The van der Waals surface area contributed by atoms with Crippen molar-refractivity contribution in [3.8, 4) is 0 Å². The van der Waals surface area contributed by atoms with E-state index in [-0.39, 0.29) is 11.7 Å². The van der Waals surface area contributed by atoms with Gasteiger partial charge in [0.25, 0.3) is 0 Å². The van der Waals surface area contributed by atoms with E-state index >= 15 is 0 Å². The van der Waals surface area contributed by atoms with Crippen molar-refractivity contribution < 1.29 is 19.1 Å². The molecule has 1 aromatic carbocycles. The van der Waals surface area contributed by atoms with Crippen LogP contribution < -0.4 is 5.32 Å². The smallest absolute Gasteiger partial charge is 0.329 e. The quantitative estimate of drug-likeness (QED) is 0.884. The zero-order valence-electron chi connectivity index (χ0n) is 11.0. The van der Waals surface area contributed by atoms with Gasteiger partial charge < -0.3 is 10.4 Å². The molecule has 2 aliphatic carbocycles. The normalized spacial score (nSPS) is 21.6. The second kappa shape index (κ2) is 4.30. The molecule has 0 bridgehead atoms. The molecule has 0 aromatic heterocycles. The van der Waals surface area contributed by atoms with Gasteiger partial charge in [-0.1, -0.05) is 12.1 Å². The maximum absolute atomic E-state index is 13.0. The average molecular weight is 277 g/mol. The predicted octanol–water partition coefficient (Wildman–Crippen LogP) is 1.98. The molecule has 2 N–H and O–H groups in total. The van der Waals surface area contributed by atoms with Gasteiger partial charge in [-0.25, -0.2) is 9.18 Å². The minimum absolute atomic E-state index is 0.244. The van der Waals surface area contributed by atoms with E-state index in [1.807, 2.05) is 0 Å². The monoisotopic (exact) mass is 277 g/mol. The summed E-state index contributed by atoms with van der Waals surface area (Å²) in [6.45, 7) is 0. The Morgan fingerprint density at radius 3 is 2.10 bits per heavy atom. The van der Waals surface area contributed by atoms with E-state index in [2.05, 4.69) is 5.32 Å². The number of benzene rings is 1. The van der Waals surface area contributed by atoms with E-state index in [1.165, 1.54) is 12.1 Å². The van der Waals surface area contributed by atoms with Crippen LogP contribution in [0.4, 0.5) is 4.39 Å². The Morgan fingerprint density at radius 2 is 1.70 bits per heavy atom. The fraction of sp³-hybridized carbons (Fsp3) is 0.467. The zero-order valence-corrected chi connectivity index (χ0v) is 11.0. The summed E-state index contributed by atoms with van der Waals surface area (Å²) in [4.78, 5) is 23.8. The van der Waals surface area contributed by atoms with Gasteiger partial charge in [0, 0.05) is 0 Å². The van der Waals surface area contributed by atoms with Crippen LogP contribution >= 0.6 is 0 Å². The highest BCUT2D eigenvalue weighted by molar-refractivity contribution is 5.95. The number of carboxylic acids is 1. The van der Waals surface area contributed by atoms with Crippen molar-refractivity contribution >= 4 is 11.9 Å². The summed E-state index contributed by atoms with van der Waals surface area (Å²) in [5.74, 6) is -1.55. The van der Waals surface area contributed by atoms with Gasteiger partial charge in [-0.2, -0.15) is 0 Å². The largest absolute Gasteiger partial charge is 0.480 e. The Labute approximate surface area is 116 Å². The van der Waals surface area contributed by atoms with Crippen LogP contribution in [0.2, 0.25) is 0 Å². The molecule has 5 heteroatoms. The summed E-state index contributed by atoms with van der Waals surface area (Å²) in [6.07, 6.45) is 3.14. The number of rotatable bonds is 4. The van der Waals surface area contributed by atoms with Crippen molar-refractivity contribution in [3.63, 3.8) is 0 Å². The number of hydrogen-bond acceptors (Lipinski definition) is 2. The molecule has 0 heterocycles. The number of amides is 1. The molecule has 0 saturated heterocycles. The highest BCUT2D eigenvalue weighted by atomic mass is 19.1. The molecule has 0 unspecified atom stereocenters. The van der Waals surface area contributed by atoms with E-state index in [0.717, 1.165) is 12.0 Å². The van der Waals surface area contributed by atoms with Crippen LogP contribution in [0, 0.1) is 5.82 Å². The van der Waals surface area contributed by atoms with Gasteiger partial charge in [0.2, 0.25) is 5.91 Å². The molecular formula is C15H16FNO3. The molecule has 4 nitrogen and oxygen atoms in total. The van der Waals surface area contributed by atoms with Crippen LogP contribution in [0.5, 0.6) is 0 Å². The summed E-state index contributed by atoms with van der Waals surface area (Å²) in [5, 5.41) is 12.0. The highest BCUT2D eigenvalue weighted by Gasteiger charge is 2.55. The molecule has 20 heavy (non-hydrogen) atoms. The third kappa shape index (κ3) is 1.88. The molecule has 1 aromatic rings. The Morgan fingerprint density at radius 1 is 1.10 bits per heavy atom. The number of halogens is 1. The minimum atomic E-state index is -1.09. The third-order valence-corrected chi connectivity index (χ3v) is 4.55. The lowest BCUT2D eigenvalue weighted by Gasteiger charge is -2.39. The van der Waals surface area contributed by atoms with E-state index in [0.29, 0.717) is 25.7 Å². The molecule has 0 aliphatic heterocycles. The molecule has 3 rings (SSSR count). The SMILES string of the molecule is O=C(O)C1(NC(=O)C2(c3ccc(F)cc3)CC2)CCC1. The number of aliphatic carboxylic acids is 1. The molecule has 1 amide bonds. The third-order valence-electron chi connectivity index (χ3n) is 4.55. The second-order valence-electron chi connectivity index (χ2n) is 5.78. The van der Waals surface area contributed by atoms with Crippen molar-refractivity contribution in [2.45, 2.75) is 43.1 Å². The van der Waals surface area contributed by atoms with Crippen molar-refractivity contribution in [1.29, 1.82) is 0 Å². The zero-order chi connectivity index (χ0) is 14.4. The van der Waals surface area contributed by atoms with Gasteiger partial charge in [-0.05, 0) is 49.8 Å². The Balaban J connectivity index is 1.80. The van der Waals surface area contributed by atoms with Gasteiger partial charge in [0.05, 0.1) is 5.41 Å². The molecule has 2 fully saturated rings. The summed E-state index contributed by atoms with van der Waals surface area (Å²) in [5.41, 5.74) is -0.991. The highest BCUT2D eigenvalue weighted by Crippen LogP contribution is 2.49. The molecule has 0 radical (unpaired) electrons. The van der Waals surface area contributed by atoms with Crippen LogP contribution in [-0.2, 0) is 15.0 Å². The van der Waals surface area contributed by atoms with Crippen molar-refractivity contribution in [2.24, 2.45) is 0 Å². The summed E-state index contributed by atoms with van der Waals surface area (Å²) in [6, 6.07) is 5.88. The van der Waals surface area contributed by atoms with Crippen molar-refractivity contribution in [1.82, 2.24) is 5.32 Å². The van der Waals surface area contributed by atoms with E-state index in [4.69, 9.17) is 0 Å². The van der Waals surface area contributed by atoms with Crippen LogP contribution in [0.1, 0.15) is 37.7 Å². The molecule has 0 spiro atoms. The van der Waals surface area contributed by atoms with Crippen molar-refractivity contribution in [2.75, 3.05) is 0 Å². The van der Waals surface area contributed by atoms with Crippen LogP contribution in [-0.4, -0.2) is 22.5 Å². The lowest BCUT2D eigenvalue weighted by molar-refractivity contribution is -0.152. The predicted molar refractivity (Wildman–Crippen MR) is 69.7 cm³/mol. The van der Waals surface area contributed by atoms with Gasteiger partial charge >= 0.3 is 5.97 Å². The van der Waals surface area contributed by atoms with Gasteiger partial charge in [-0.3, -0.25) is 4.79 Å². The Kier molecular flexibility index (Phi) is 2.81. The lowest BCUT2D eigenvalue weighted by atomic mass is 9.76. The number of carboxylic acid groups (broad SMARTS) is 1. The second-order valence-corrected chi connectivity index (χ2v) is 5.78. The molecular weight excluding hydrogens is 261 g/mol. The van der Waals surface area contributed by atoms with E-state index in [9.17, 15) is 19.1 Å². The number of carbonyl (C=O) groups excluding carboxylic acids is 1. The number of carbonyl (C=O) groups is 2.